The molecule has 0 amide bonds. The summed E-state index contributed by atoms with van der Waals surface area (Å²) in [4.78, 5) is 4.15. The first-order valence-electron chi connectivity index (χ1n) is 5.20. The lowest BCUT2D eigenvalue weighted by Gasteiger charge is -2.30. The number of rotatable bonds is 2. The number of benzene rings is 1. The maximum Gasteiger partial charge on any atom is 0.0795 e. The number of halogens is 2. The van der Waals surface area contributed by atoms with Crippen LogP contribution in [0, 0.1) is 0 Å². The first kappa shape index (κ1) is 12.4. The summed E-state index contributed by atoms with van der Waals surface area (Å²) in [5.41, 5.74) is 13.0. The van der Waals surface area contributed by atoms with E-state index >= 15 is 0 Å². The first-order chi connectivity index (χ1) is 8.01. The highest BCUT2D eigenvalue weighted by Crippen LogP contribution is 2.26. The Morgan fingerprint density at radius 2 is 2.12 bits per heavy atom. The molecular formula is C12H13Cl2N3. The van der Waals surface area contributed by atoms with Crippen LogP contribution >= 0.6 is 23.2 Å². The van der Waals surface area contributed by atoms with Gasteiger partial charge in [0.25, 0.3) is 0 Å². The molecule has 0 fully saturated rings. The zero-order chi connectivity index (χ0) is 12.5. The quantitative estimate of drug-likeness (QED) is 0.864. The Morgan fingerprint density at radius 1 is 1.35 bits per heavy atom. The van der Waals surface area contributed by atoms with Gasteiger partial charge in [0.15, 0.2) is 0 Å². The van der Waals surface area contributed by atoms with Gasteiger partial charge in [-0.2, -0.15) is 0 Å². The molecule has 3 nitrogen and oxygen atoms in total. The minimum Gasteiger partial charge on any atom is -0.400 e. The minimum absolute atomic E-state index is 0.457. The van der Waals surface area contributed by atoms with Gasteiger partial charge in [0.2, 0.25) is 0 Å². The lowest BCUT2D eigenvalue weighted by molar-refractivity contribution is 0.498. The molecule has 17 heavy (non-hydrogen) atoms. The Morgan fingerprint density at radius 3 is 2.82 bits per heavy atom. The van der Waals surface area contributed by atoms with Crippen LogP contribution in [0.15, 0.2) is 35.0 Å². The van der Waals surface area contributed by atoms with Crippen molar-refractivity contribution in [2.24, 2.45) is 16.5 Å². The van der Waals surface area contributed by atoms with E-state index in [9.17, 15) is 0 Å². The van der Waals surface area contributed by atoms with Crippen LogP contribution in [-0.2, 0) is 6.42 Å². The lowest BCUT2D eigenvalue weighted by Crippen LogP contribution is -2.51. The van der Waals surface area contributed by atoms with Crippen LogP contribution in [0.3, 0.4) is 0 Å². The predicted molar refractivity (Wildman–Crippen MR) is 72.7 cm³/mol. The van der Waals surface area contributed by atoms with Crippen molar-refractivity contribution < 1.29 is 0 Å². The molecule has 2 rings (SSSR count). The molecule has 90 valence electrons. The van der Waals surface area contributed by atoms with Crippen molar-refractivity contribution in [3.8, 4) is 0 Å². The van der Waals surface area contributed by atoms with Crippen LogP contribution < -0.4 is 11.5 Å². The third-order valence-electron chi connectivity index (χ3n) is 2.82. The summed E-state index contributed by atoms with van der Waals surface area (Å²) in [6.07, 6.45) is 3.91. The van der Waals surface area contributed by atoms with Crippen molar-refractivity contribution in [3.63, 3.8) is 0 Å². The van der Waals surface area contributed by atoms with E-state index < -0.39 is 5.54 Å². The number of aliphatic imine (C=N–C) groups is 1. The van der Waals surface area contributed by atoms with Gasteiger partial charge in [-0.3, -0.25) is 4.99 Å². The van der Waals surface area contributed by atoms with E-state index in [0.717, 1.165) is 5.56 Å². The molecule has 1 aliphatic rings. The lowest BCUT2D eigenvalue weighted by atomic mass is 9.87. The van der Waals surface area contributed by atoms with E-state index in [0.29, 0.717) is 28.7 Å². The zero-order valence-electron chi connectivity index (χ0n) is 9.16. The van der Waals surface area contributed by atoms with Gasteiger partial charge in [-0.05, 0) is 36.3 Å². The predicted octanol–water partition coefficient (Wildman–Crippen LogP) is 2.16. The highest BCUT2D eigenvalue weighted by molar-refractivity contribution is 6.33. The molecule has 0 aliphatic carbocycles. The van der Waals surface area contributed by atoms with Crippen LogP contribution in [0.4, 0.5) is 0 Å². The summed E-state index contributed by atoms with van der Waals surface area (Å²) in [5, 5.41) is 1.27. The standard InChI is InChI=1S/C12H13Cl2N3/c13-9-1-2-10(14)8(5-9)6-12(16)7-17-4-3-11(12)15/h1-5H,6-7,15-16H2. The molecule has 1 aliphatic heterocycles. The highest BCUT2D eigenvalue weighted by Gasteiger charge is 2.30. The Kier molecular flexibility index (Phi) is 3.43. The number of hydrogen-bond donors (Lipinski definition) is 2. The second-order valence-corrected chi connectivity index (χ2v) is 5.02. The Balaban J connectivity index is 2.29. The fraction of sp³-hybridized carbons (Fsp3) is 0.250. The maximum atomic E-state index is 6.24. The summed E-state index contributed by atoms with van der Waals surface area (Å²) in [7, 11) is 0. The van der Waals surface area contributed by atoms with Crippen LogP contribution in [-0.4, -0.2) is 18.3 Å². The van der Waals surface area contributed by atoms with Crippen molar-refractivity contribution in [1.82, 2.24) is 0 Å². The van der Waals surface area contributed by atoms with Crippen LogP contribution in [0.2, 0.25) is 10.0 Å². The first-order valence-corrected chi connectivity index (χ1v) is 5.96. The summed E-state index contributed by atoms with van der Waals surface area (Å²) in [6, 6.07) is 5.31. The van der Waals surface area contributed by atoms with Gasteiger partial charge in [-0.25, -0.2) is 0 Å². The van der Waals surface area contributed by atoms with Crippen molar-refractivity contribution >= 4 is 29.4 Å². The van der Waals surface area contributed by atoms with Gasteiger partial charge < -0.3 is 11.5 Å². The van der Waals surface area contributed by atoms with Gasteiger partial charge in [0.1, 0.15) is 0 Å². The molecule has 0 saturated carbocycles. The van der Waals surface area contributed by atoms with Crippen molar-refractivity contribution in [3.05, 3.63) is 45.6 Å². The average molecular weight is 270 g/mol. The smallest absolute Gasteiger partial charge is 0.0795 e. The van der Waals surface area contributed by atoms with Crippen molar-refractivity contribution in [2.45, 2.75) is 12.0 Å². The number of dihydropyridines is 1. The molecule has 1 atom stereocenters. The molecule has 0 radical (unpaired) electrons. The second kappa shape index (κ2) is 4.69. The molecule has 0 saturated heterocycles. The van der Waals surface area contributed by atoms with Crippen molar-refractivity contribution in [1.29, 1.82) is 0 Å². The molecule has 1 aromatic carbocycles. The summed E-state index contributed by atoms with van der Waals surface area (Å²) >= 11 is 12.1. The number of nitrogens with two attached hydrogens (primary N) is 2. The van der Waals surface area contributed by atoms with E-state index in [4.69, 9.17) is 34.7 Å². The van der Waals surface area contributed by atoms with E-state index in [-0.39, 0.29) is 0 Å². The summed E-state index contributed by atoms with van der Waals surface area (Å²) in [5.74, 6) is 0. The van der Waals surface area contributed by atoms with Crippen LogP contribution in [0.1, 0.15) is 5.56 Å². The molecule has 1 heterocycles. The molecular weight excluding hydrogens is 257 g/mol. The molecule has 0 bridgehead atoms. The molecule has 4 N–H and O–H groups in total. The largest absolute Gasteiger partial charge is 0.400 e. The third-order valence-corrected chi connectivity index (χ3v) is 3.43. The SMILES string of the molecule is NC1=CC=NCC1(N)Cc1cc(Cl)ccc1Cl. The minimum atomic E-state index is -0.678. The molecule has 1 unspecified atom stereocenters. The fourth-order valence-corrected chi connectivity index (χ4v) is 2.16. The van der Waals surface area contributed by atoms with E-state index in [1.54, 1.807) is 24.4 Å². The fourth-order valence-electron chi connectivity index (χ4n) is 1.78. The molecule has 0 aromatic heterocycles. The van der Waals surface area contributed by atoms with Gasteiger partial charge in [-0.1, -0.05) is 23.2 Å². The summed E-state index contributed by atoms with van der Waals surface area (Å²) < 4.78 is 0. The topological polar surface area (TPSA) is 64.4 Å². The van der Waals surface area contributed by atoms with Gasteiger partial charge in [0, 0.05) is 22.0 Å². The summed E-state index contributed by atoms with van der Waals surface area (Å²) in [6.45, 7) is 0.457. The van der Waals surface area contributed by atoms with Gasteiger partial charge in [0.05, 0.1) is 12.1 Å². The monoisotopic (exact) mass is 269 g/mol. The number of hydrogen-bond acceptors (Lipinski definition) is 3. The second-order valence-electron chi connectivity index (χ2n) is 4.18. The average Bonchev–Trinajstić information content (AvgIpc) is 2.28. The highest BCUT2D eigenvalue weighted by atomic mass is 35.5. The Hall–Kier alpha value is -1.03. The van der Waals surface area contributed by atoms with Crippen LogP contribution in [0.5, 0.6) is 0 Å². The van der Waals surface area contributed by atoms with Gasteiger partial charge >= 0.3 is 0 Å². The molecule has 1 aromatic rings. The van der Waals surface area contributed by atoms with E-state index in [1.165, 1.54) is 0 Å². The number of nitrogens with zero attached hydrogens (tertiary/aromatic N) is 1. The van der Waals surface area contributed by atoms with Crippen molar-refractivity contribution in [2.75, 3.05) is 6.54 Å². The molecule has 0 spiro atoms. The Labute approximate surface area is 110 Å². The van der Waals surface area contributed by atoms with E-state index in [2.05, 4.69) is 4.99 Å². The Bertz CT molecular complexity index is 497. The normalized spacial score (nSPS) is 23.6. The molecule has 5 heteroatoms. The third kappa shape index (κ3) is 2.63. The maximum absolute atomic E-state index is 6.24. The van der Waals surface area contributed by atoms with Crippen LogP contribution in [0.25, 0.3) is 0 Å². The van der Waals surface area contributed by atoms with E-state index in [1.807, 2.05) is 6.07 Å². The number of allylic oxidation sites excluding steroid dienone is 1. The zero-order valence-corrected chi connectivity index (χ0v) is 10.7. The van der Waals surface area contributed by atoms with Gasteiger partial charge in [-0.15, -0.1) is 0 Å².